The van der Waals surface area contributed by atoms with E-state index in [1.54, 1.807) is 24.3 Å². The van der Waals surface area contributed by atoms with Gasteiger partial charge in [-0.3, -0.25) is 14.9 Å². The number of rotatable bonds is 5. The Morgan fingerprint density at radius 1 is 0.939 bits per heavy atom. The lowest BCUT2D eigenvalue weighted by atomic mass is 10.1. The minimum Gasteiger partial charge on any atom is -0.487 e. The Labute approximate surface area is 218 Å². The number of nitrogens with one attached hydrogen (secondary N) is 1. The molecule has 3 aromatic rings. The molecule has 0 spiro atoms. The largest absolute Gasteiger partial charge is 0.487 e. The fourth-order valence-corrected chi connectivity index (χ4v) is 5.41. The molecule has 4 amide bonds. The number of imide groups is 2. The molecule has 1 aliphatic heterocycles. The van der Waals surface area contributed by atoms with Gasteiger partial charge in [0.15, 0.2) is 0 Å². The zero-order valence-corrected chi connectivity index (χ0v) is 21.8. The van der Waals surface area contributed by atoms with Gasteiger partial charge in [0.1, 0.15) is 17.9 Å². The van der Waals surface area contributed by atoms with Crippen molar-refractivity contribution in [2.24, 2.45) is 0 Å². The van der Waals surface area contributed by atoms with E-state index in [-0.39, 0.29) is 5.57 Å². The van der Waals surface area contributed by atoms with Crippen LogP contribution in [0.2, 0.25) is 0 Å². The molecule has 1 fully saturated rings. The highest BCUT2D eigenvalue weighted by molar-refractivity contribution is 14.1. The fourth-order valence-electron chi connectivity index (χ4n) is 3.28. The summed E-state index contributed by atoms with van der Waals surface area (Å²) in [6, 6.07) is 19.7. The number of carbonyl (C=O) groups excluding carboxylic acids is 3. The molecule has 0 aromatic heterocycles. The molecule has 1 saturated heterocycles. The van der Waals surface area contributed by atoms with E-state index in [2.05, 4.69) is 50.5 Å². The number of hydrogen-bond donors (Lipinski definition) is 1. The Hall–Kier alpha value is -2.73. The summed E-state index contributed by atoms with van der Waals surface area (Å²) in [5.74, 6) is -0.650. The molecule has 0 unspecified atom stereocenters. The number of nitrogens with zero attached hydrogens (tertiary/aromatic N) is 1. The maximum Gasteiger partial charge on any atom is 0.335 e. The summed E-state index contributed by atoms with van der Waals surface area (Å²) in [5.41, 5.74) is 3.00. The highest BCUT2D eigenvalue weighted by Crippen LogP contribution is 2.31. The molecule has 1 heterocycles. The first-order valence-corrected chi connectivity index (χ1v) is 12.1. The maximum atomic E-state index is 13.1. The molecule has 0 bridgehead atoms. The number of carbonyl (C=O) groups is 3. The van der Waals surface area contributed by atoms with Crippen molar-refractivity contribution >= 4 is 74.8 Å². The Kier molecular flexibility index (Phi) is 7.13. The summed E-state index contributed by atoms with van der Waals surface area (Å²) in [6.45, 7) is 2.34. The van der Waals surface area contributed by atoms with Crippen molar-refractivity contribution in [3.8, 4) is 5.75 Å². The van der Waals surface area contributed by atoms with Crippen LogP contribution in [0, 0.1) is 14.1 Å². The number of barbiturate groups is 1. The second-order valence-electron chi connectivity index (χ2n) is 7.38. The van der Waals surface area contributed by atoms with Crippen molar-refractivity contribution in [3.63, 3.8) is 0 Å². The van der Waals surface area contributed by atoms with E-state index in [9.17, 15) is 14.4 Å². The predicted octanol–water partition coefficient (Wildman–Crippen LogP) is 5.45. The second-order valence-corrected chi connectivity index (χ2v) is 9.71. The number of aryl methyl sites for hydroxylation is 1. The first-order chi connectivity index (χ1) is 15.8. The van der Waals surface area contributed by atoms with Gasteiger partial charge in [-0.15, -0.1) is 0 Å². The summed E-state index contributed by atoms with van der Waals surface area (Å²) >= 11 is 4.34. The zero-order valence-electron chi connectivity index (χ0n) is 17.5. The molecular weight excluding hydrogens is 646 g/mol. The van der Waals surface area contributed by atoms with Gasteiger partial charge in [-0.2, -0.15) is 0 Å². The van der Waals surface area contributed by atoms with Gasteiger partial charge in [0.05, 0.1) is 12.8 Å². The van der Waals surface area contributed by atoms with Gasteiger partial charge in [0.25, 0.3) is 11.8 Å². The maximum absolute atomic E-state index is 13.1. The third-order valence-electron chi connectivity index (χ3n) is 4.95. The predicted molar refractivity (Wildman–Crippen MR) is 143 cm³/mol. The van der Waals surface area contributed by atoms with Crippen LogP contribution in [0.5, 0.6) is 5.75 Å². The lowest BCUT2D eigenvalue weighted by molar-refractivity contribution is -0.122. The second kappa shape index (κ2) is 10.0. The van der Waals surface area contributed by atoms with Crippen LogP contribution in [0.3, 0.4) is 0 Å². The van der Waals surface area contributed by atoms with Crippen LogP contribution in [0.25, 0.3) is 6.08 Å². The van der Waals surface area contributed by atoms with E-state index < -0.39 is 17.8 Å². The SMILES string of the molecule is Cc1ccc(N2C(=O)NC(=O)C(=Cc3cc(I)c(OCc4ccccc4)c(I)c3)C2=O)cc1. The molecule has 1 N–H and O–H groups in total. The van der Waals surface area contributed by atoms with Crippen molar-refractivity contribution in [1.82, 2.24) is 5.32 Å². The summed E-state index contributed by atoms with van der Waals surface area (Å²) in [5, 5.41) is 2.25. The van der Waals surface area contributed by atoms with Crippen molar-refractivity contribution in [3.05, 3.63) is 96.1 Å². The molecule has 33 heavy (non-hydrogen) atoms. The summed E-state index contributed by atoms with van der Waals surface area (Å²) in [4.78, 5) is 38.9. The van der Waals surface area contributed by atoms with Crippen LogP contribution in [-0.4, -0.2) is 17.8 Å². The fraction of sp³-hybridized carbons (Fsp3) is 0.0800. The monoisotopic (exact) mass is 664 g/mol. The van der Waals surface area contributed by atoms with E-state index in [4.69, 9.17) is 4.74 Å². The number of urea groups is 1. The van der Waals surface area contributed by atoms with E-state index in [1.807, 2.05) is 49.4 Å². The average Bonchev–Trinajstić information content (AvgIpc) is 2.78. The smallest absolute Gasteiger partial charge is 0.335 e. The number of hydrogen-bond acceptors (Lipinski definition) is 4. The third kappa shape index (κ3) is 5.27. The molecule has 8 heteroatoms. The van der Waals surface area contributed by atoms with Crippen LogP contribution < -0.4 is 15.0 Å². The summed E-state index contributed by atoms with van der Waals surface area (Å²) < 4.78 is 7.69. The van der Waals surface area contributed by atoms with E-state index in [0.717, 1.165) is 28.9 Å². The molecule has 1 aliphatic rings. The molecule has 0 aliphatic carbocycles. The van der Waals surface area contributed by atoms with Crippen LogP contribution in [0.1, 0.15) is 16.7 Å². The van der Waals surface area contributed by atoms with E-state index in [0.29, 0.717) is 17.9 Å². The van der Waals surface area contributed by atoms with Crippen LogP contribution in [-0.2, 0) is 16.2 Å². The van der Waals surface area contributed by atoms with E-state index >= 15 is 0 Å². The normalized spacial score (nSPS) is 15.1. The first-order valence-electron chi connectivity index (χ1n) is 9.97. The zero-order chi connectivity index (χ0) is 23.5. The van der Waals surface area contributed by atoms with Gasteiger partial charge in [-0.05, 0) is 93.6 Å². The lowest BCUT2D eigenvalue weighted by Crippen LogP contribution is -2.54. The third-order valence-corrected chi connectivity index (χ3v) is 6.55. The van der Waals surface area contributed by atoms with Crippen LogP contribution in [0.4, 0.5) is 10.5 Å². The topological polar surface area (TPSA) is 75.7 Å². The lowest BCUT2D eigenvalue weighted by Gasteiger charge is -2.26. The summed E-state index contributed by atoms with van der Waals surface area (Å²) in [7, 11) is 0. The van der Waals surface area contributed by atoms with Gasteiger partial charge in [-0.1, -0.05) is 48.0 Å². The number of benzene rings is 3. The Morgan fingerprint density at radius 2 is 1.58 bits per heavy atom. The van der Waals surface area contributed by atoms with Gasteiger partial charge < -0.3 is 4.74 Å². The highest BCUT2D eigenvalue weighted by Gasteiger charge is 2.36. The van der Waals surface area contributed by atoms with Gasteiger partial charge in [0.2, 0.25) is 0 Å². The number of halogens is 2. The van der Waals surface area contributed by atoms with Crippen molar-refractivity contribution < 1.29 is 19.1 Å². The average molecular weight is 664 g/mol. The molecule has 4 rings (SSSR count). The first kappa shape index (κ1) is 23.4. The van der Waals surface area contributed by atoms with E-state index in [1.165, 1.54) is 6.08 Å². The molecule has 6 nitrogen and oxygen atoms in total. The molecule has 0 radical (unpaired) electrons. The minimum absolute atomic E-state index is 0.111. The standard InChI is InChI=1S/C25H18I2N2O4/c1-15-7-9-18(10-8-15)29-24(31)19(23(30)28-25(29)32)11-17-12-20(26)22(21(27)13-17)33-14-16-5-3-2-4-6-16/h2-13H,14H2,1H3,(H,28,30,32). The molecule has 3 aromatic carbocycles. The Bertz CT molecular complexity index is 1250. The molecular formula is C25H18I2N2O4. The van der Waals surface area contributed by atoms with Gasteiger partial charge >= 0.3 is 6.03 Å². The van der Waals surface area contributed by atoms with Crippen molar-refractivity contribution in [2.45, 2.75) is 13.5 Å². The molecule has 166 valence electrons. The molecule has 0 atom stereocenters. The highest BCUT2D eigenvalue weighted by atomic mass is 127. The Balaban J connectivity index is 1.61. The van der Waals surface area contributed by atoms with Crippen LogP contribution in [0.15, 0.2) is 72.3 Å². The van der Waals surface area contributed by atoms with Crippen LogP contribution >= 0.6 is 45.2 Å². The quantitative estimate of drug-likeness (QED) is 0.224. The summed E-state index contributed by atoms with van der Waals surface area (Å²) in [6.07, 6.45) is 1.50. The van der Waals surface area contributed by atoms with Crippen molar-refractivity contribution in [2.75, 3.05) is 4.90 Å². The van der Waals surface area contributed by atoms with Crippen molar-refractivity contribution in [1.29, 1.82) is 0 Å². The minimum atomic E-state index is -0.764. The number of amides is 4. The molecule has 0 saturated carbocycles. The van der Waals surface area contributed by atoms with Gasteiger partial charge in [-0.25, -0.2) is 9.69 Å². The number of anilines is 1. The number of ether oxygens (including phenoxy) is 1. The Morgan fingerprint density at radius 3 is 2.21 bits per heavy atom. The van der Waals surface area contributed by atoms with Gasteiger partial charge in [0, 0.05) is 0 Å².